The predicted octanol–water partition coefficient (Wildman–Crippen LogP) is -2.42. The Morgan fingerprint density at radius 1 is 1.47 bits per heavy atom. The monoisotopic (exact) mass is 233 g/mol. The number of carbonyl (C=O) groups is 1. The van der Waals surface area contributed by atoms with E-state index in [1.807, 2.05) is 21.1 Å². The highest BCUT2D eigenvalue weighted by Gasteiger charge is 2.09. The van der Waals surface area contributed by atoms with Gasteiger partial charge in [-0.15, -0.1) is 0 Å². The zero-order valence-electron chi connectivity index (χ0n) is 9.18. The van der Waals surface area contributed by atoms with Crippen molar-refractivity contribution in [2.75, 3.05) is 34.3 Å². The van der Waals surface area contributed by atoms with E-state index in [1.54, 1.807) is 12.4 Å². The molecule has 0 unspecified atom stereocenters. The molecule has 0 bridgehead atoms. The van der Waals surface area contributed by atoms with Crippen LogP contribution < -0.4 is 12.4 Å². The maximum absolute atomic E-state index is 11.3. The van der Waals surface area contributed by atoms with Crippen LogP contribution in [0.3, 0.4) is 0 Å². The fourth-order valence-electron chi connectivity index (χ4n) is 0.848. The van der Waals surface area contributed by atoms with Crippen molar-refractivity contribution in [2.24, 2.45) is 0 Å². The van der Waals surface area contributed by atoms with Crippen molar-refractivity contribution in [1.82, 2.24) is 9.55 Å². The van der Waals surface area contributed by atoms with Gasteiger partial charge < -0.3 is 21.6 Å². The summed E-state index contributed by atoms with van der Waals surface area (Å²) in [6.07, 6.45) is 4.15. The van der Waals surface area contributed by atoms with E-state index in [1.165, 1.54) is 10.9 Å². The van der Waals surface area contributed by atoms with Crippen LogP contribution in [0.2, 0.25) is 0 Å². The molecule has 5 nitrogen and oxygen atoms in total. The minimum Gasteiger partial charge on any atom is -1.00 e. The number of hydrogen-bond donors (Lipinski definition) is 0. The van der Waals surface area contributed by atoms with E-state index in [0.29, 0.717) is 6.61 Å². The van der Waals surface area contributed by atoms with Gasteiger partial charge in [-0.05, 0) is 0 Å². The van der Waals surface area contributed by atoms with Gasteiger partial charge in [0.1, 0.15) is 19.5 Å². The summed E-state index contributed by atoms with van der Waals surface area (Å²) in [7, 11) is 6.14. The van der Waals surface area contributed by atoms with Crippen molar-refractivity contribution >= 4 is 6.09 Å². The Labute approximate surface area is 95.7 Å². The summed E-state index contributed by atoms with van der Waals surface area (Å²) in [5.41, 5.74) is 0. The minimum absolute atomic E-state index is 0. The first-order chi connectivity index (χ1) is 6.49. The molecule has 86 valence electrons. The van der Waals surface area contributed by atoms with Crippen LogP contribution in [0.15, 0.2) is 18.7 Å². The molecule has 0 aliphatic carbocycles. The molecule has 0 spiro atoms. The Kier molecular flexibility index (Phi) is 5.32. The summed E-state index contributed by atoms with van der Waals surface area (Å²) in [5, 5.41) is 0. The van der Waals surface area contributed by atoms with Crippen molar-refractivity contribution in [2.45, 2.75) is 0 Å². The molecule has 0 N–H and O–H groups in total. The van der Waals surface area contributed by atoms with Crippen LogP contribution in [-0.4, -0.2) is 54.4 Å². The third kappa shape index (κ3) is 5.39. The second-order valence-corrected chi connectivity index (χ2v) is 4.10. The van der Waals surface area contributed by atoms with Gasteiger partial charge in [0.05, 0.1) is 21.1 Å². The third-order valence-electron chi connectivity index (χ3n) is 1.70. The molecule has 0 aromatic carbocycles. The lowest BCUT2D eigenvalue weighted by Crippen LogP contribution is -3.00. The molecular weight excluding hydrogens is 218 g/mol. The number of ether oxygens (including phenoxy) is 1. The zero-order chi connectivity index (χ0) is 10.6. The van der Waals surface area contributed by atoms with Gasteiger partial charge in [-0.25, -0.2) is 14.3 Å². The summed E-state index contributed by atoms with van der Waals surface area (Å²) in [6, 6.07) is 0. The molecule has 0 saturated heterocycles. The molecule has 1 aromatic heterocycles. The van der Waals surface area contributed by atoms with Crippen LogP contribution in [-0.2, 0) is 4.74 Å². The molecule has 0 fully saturated rings. The average Bonchev–Trinajstić information content (AvgIpc) is 2.53. The molecule has 1 rings (SSSR count). The van der Waals surface area contributed by atoms with Gasteiger partial charge in [-0.1, -0.05) is 0 Å². The van der Waals surface area contributed by atoms with E-state index in [9.17, 15) is 4.79 Å². The predicted molar refractivity (Wildman–Crippen MR) is 51.9 cm³/mol. The quantitative estimate of drug-likeness (QED) is 0.546. The SMILES string of the molecule is C[N+](C)(C)CCOC(=O)n1ccnc1.[Cl-]. The maximum Gasteiger partial charge on any atom is 0.419 e. The second kappa shape index (κ2) is 5.72. The Balaban J connectivity index is 0.00000196. The minimum atomic E-state index is -0.379. The third-order valence-corrected chi connectivity index (χ3v) is 1.70. The smallest absolute Gasteiger partial charge is 0.419 e. The highest BCUT2D eigenvalue weighted by Crippen LogP contribution is 1.93. The Bertz CT molecular complexity index is 293. The molecule has 1 aromatic rings. The fraction of sp³-hybridized carbons (Fsp3) is 0.556. The normalized spacial score (nSPS) is 10.6. The molecule has 15 heavy (non-hydrogen) atoms. The molecule has 0 amide bonds. The largest absolute Gasteiger partial charge is 1.00 e. The van der Waals surface area contributed by atoms with E-state index < -0.39 is 0 Å². The summed E-state index contributed by atoms with van der Waals surface area (Å²) < 4.78 is 7.12. The topological polar surface area (TPSA) is 44.1 Å². The fourth-order valence-corrected chi connectivity index (χ4v) is 0.848. The average molecular weight is 234 g/mol. The lowest BCUT2D eigenvalue weighted by molar-refractivity contribution is -0.870. The summed E-state index contributed by atoms with van der Waals surface area (Å²) in [4.78, 5) is 15.0. The number of nitrogens with zero attached hydrogens (tertiary/aromatic N) is 3. The Morgan fingerprint density at radius 3 is 2.60 bits per heavy atom. The van der Waals surface area contributed by atoms with E-state index in [-0.39, 0.29) is 18.5 Å². The molecule has 0 aliphatic rings. The van der Waals surface area contributed by atoms with Crippen LogP contribution in [0.4, 0.5) is 4.79 Å². The standard InChI is InChI=1S/C9H16N3O2.ClH/c1-12(2,3)6-7-14-9(13)11-5-4-10-8-11;/h4-5,8H,6-7H2,1-3H3;1H/q+1;/p-1. The van der Waals surface area contributed by atoms with Crippen LogP contribution in [0.25, 0.3) is 0 Å². The van der Waals surface area contributed by atoms with E-state index in [2.05, 4.69) is 4.98 Å². The number of aromatic nitrogens is 2. The van der Waals surface area contributed by atoms with Crippen LogP contribution >= 0.6 is 0 Å². The van der Waals surface area contributed by atoms with Gasteiger partial charge in [-0.3, -0.25) is 0 Å². The highest BCUT2D eigenvalue weighted by atomic mass is 35.5. The van der Waals surface area contributed by atoms with E-state index >= 15 is 0 Å². The second-order valence-electron chi connectivity index (χ2n) is 4.10. The maximum atomic E-state index is 11.3. The Hall–Kier alpha value is -1.07. The van der Waals surface area contributed by atoms with Gasteiger partial charge in [-0.2, -0.15) is 0 Å². The van der Waals surface area contributed by atoms with Gasteiger partial charge in [0.2, 0.25) is 0 Å². The van der Waals surface area contributed by atoms with Crippen LogP contribution in [0, 0.1) is 0 Å². The summed E-state index contributed by atoms with van der Waals surface area (Å²) in [6.45, 7) is 1.21. The number of likely N-dealkylation sites (N-methyl/N-ethyl adjacent to an activating group) is 1. The first-order valence-corrected chi connectivity index (χ1v) is 4.44. The molecule has 0 saturated carbocycles. The number of carbonyl (C=O) groups excluding carboxylic acids is 1. The Morgan fingerprint density at radius 2 is 2.13 bits per heavy atom. The van der Waals surface area contributed by atoms with Crippen molar-refractivity contribution in [3.05, 3.63) is 18.7 Å². The molecule has 6 heteroatoms. The van der Waals surface area contributed by atoms with Gasteiger partial charge in [0.15, 0.2) is 0 Å². The molecule has 0 atom stereocenters. The number of halogens is 1. The van der Waals surface area contributed by atoms with Crippen molar-refractivity contribution in [3.63, 3.8) is 0 Å². The van der Waals surface area contributed by atoms with E-state index in [4.69, 9.17) is 4.74 Å². The lowest BCUT2D eigenvalue weighted by Gasteiger charge is -2.23. The molecule has 0 radical (unpaired) electrons. The number of rotatable bonds is 3. The first kappa shape index (κ1) is 13.9. The van der Waals surface area contributed by atoms with E-state index in [0.717, 1.165) is 11.0 Å². The van der Waals surface area contributed by atoms with Crippen molar-refractivity contribution in [3.8, 4) is 0 Å². The van der Waals surface area contributed by atoms with Crippen LogP contribution in [0.5, 0.6) is 0 Å². The molecular formula is C9H16ClN3O2. The lowest BCUT2D eigenvalue weighted by atomic mass is 10.5. The zero-order valence-corrected chi connectivity index (χ0v) is 9.94. The van der Waals surface area contributed by atoms with Crippen LogP contribution in [0.1, 0.15) is 0 Å². The number of hydrogen-bond acceptors (Lipinski definition) is 3. The van der Waals surface area contributed by atoms with Crippen molar-refractivity contribution in [1.29, 1.82) is 0 Å². The number of imidazole rings is 1. The van der Waals surface area contributed by atoms with Gasteiger partial charge in [0, 0.05) is 12.4 Å². The molecule has 1 heterocycles. The summed E-state index contributed by atoms with van der Waals surface area (Å²) >= 11 is 0. The first-order valence-electron chi connectivity index (χ1n) is 4.44. The number of quaternary nitrogens is 1. The highest BCUT2D eigenvalue weighted by molar-refractivity contribution is 5.69. The van der Waals surface area contributed by atoms with Gasteiger partial charge in [0.25, 0.3) is 0 Å². The molecule has 0 aliphatic heterocycles. The summed E-state index contributed by atoms with van der Waals surface area (Å²) in [5.74, 6) is 0. The van der Waals surface area contributed by atoms with Gasteiger partial charge >= 0.3 is 6.09 Å². The van der Waals surface area contributed by atoms with Crippen molar-refractivity contribution < 1.29 is 26.4 Å².